The third-order valence-corrected chi connectivity index (χ3v) is 2.39. The second kappa shape index (κ2) is 5.75. The Morgan fingerprint density at radius 2 is 1.82 bits per heavy atom. The molecule has 0 aliphatic rings. The smallest absolute Gasteiger partial charge is 0.270 e. The molecule has 0 aliphatic heterocycles. The van der Waals surface area contributed by atoms with E-state index < -0.39 is 0 Å². The van der Waals surface area contributed by atoms with Gasteiger partial charge >= 0.3 is 0 Å². The van der Waals surface area contributed by atoms with Crippen molar-refractivity contribution in [1.29, 1.82) is 0 Å². The summed E-state index contributed by atoms with van der Waals surface area (Å²) >= 11 is 0. The van der Waals surface area contributed by atoms with Crippen molar-refractivity contribution in [3.8, 4) is 0 Å². The fraction of sp³-hybridized carbons (Fsp3) is 0.615. The first-order chi connectivity index (χ1) is 7.90. The van der Waals surface area contributed by atoms with Crippen LogP contribution in [0.1, 0.15) is 38.2 Å². The number of aromatic nitrogens is 1. The summed E-state index contributed by atoms with van der Waals surface area (Å²) in [5.41, 5.74) is 6.79. The first-order valence-corrected chi connectivity index (χ1v) is 6.13. The van der Waals surface area contributed by atoms with Crippen molar-refractivity contribution in [3.63, 3.8) is 0 Å². The molecule has 0 atom stereocenters. The SMILES string of the molecule is CC(C)CN(CC(C)C)C(=O)c1cc(N)c[nH]1. The number of carbonyl (C=O) groups excluding carboxylic acids is 1. The molecule has 4 heteroatoms. The topological polar surface area (TPSA) is 62.1 Å². The average molecular weight is 237 g/mol. The van der Waals surface area contributed by atoms with E-state index >= 15 is 0 Å². The van der Waals surface area contributed by atoms with Gasteiger partial charge in [-0.25, -0.2) is 0 Å². The Labute approximate surface area is 103 Å². The Hall–Kier alpha value is -1.45. The van der Waals surface area contributed by atoms with Crippen molar-refractivity contribution >= 4 is 11.6 Å². The molecule has 1 heterocycles. The van der Waals surface area contributed by atoms with Crippen molar-refractivity contribution in [3.05, 3.63) is 18.0 Å². The maximum atomic E-state index is 12.3. The van der Waals surface area contributed by atoms with E-state index in [0.29, 0.717) is 23.2 Å². The number of H-pyrrole nitrogens is 1. The Balaban J connectivity index is 2.78. The summed E-state index contributed by atoms with van der Waals surface area (Å²) in [6.07, 6.45) is 1.65. The van der Waals surface area contributed by atoms with E-state index in [1.165, 1.54) is 0 Å². The molecule has 0 saturated heterocycles. The van der Waals surface area contributed by atoms with Crippen molar-refractivity contribution in [2.75, 3.05) is 18.8 Å². The lowest BCUT2D eigenvalue weighted by atomic mass is 10.1. The Morgan fingerprint density at radius 1 is 1.29 bits per heavy atom. The lowest BCUT2D eigenvalue weighted by molar-refractivity contribution is 0.0710. The first-order valence-electron chi connectivity index (χ1n) is 6.13. The summed E-state index contributed by atoms with van der Waals surface area (Å²) < 4.78 is 0. The molecule has 1 amide bonds. The highest BCUT2D eigenvalue weighted by Crippen LogP contribution is 2.11. The zero-order valence-corrected chi connectivity index (χ0v) is 11.2. The fourth-order valence-corrected chi connectivity index (χ4v) is 1.83. The van der Waals surface area contributed by atoms with E-state index in [0.717, 1.165) is 13.1 Å². The van der Waals surface area contributed by atoms with Gasteiger partial charge in [-0.15, -0.1) is 0 Å². The van der Waals surface area contributed by atoms with Gasteiger partial charge in [0, 0.05) is 25.0 Å². The first kappa shape index (κ1) is 13.6. The summed E-state index contributed by atoms with van der Waals surface area (Å²) in [5.74, 6) is 0.958. The van der Waals surface area contributed by atoms with Gasteiger partial charge in [-0.05, 0) is 17.9 Å². The van der Waals surface area contributed by atoms with Gasteiger partial charge in [0.25, 0.3) is 5.91 Å². The molecule has 0 bridgehead atoms. The number of nitrogens with two attached hydrogens (primary N) is 1. The van der Waals surface area contributed by atoms with E-state index in [1.54, 1.807) is 12.3 Å². The van der Waals surface area contributed by atoms with Crippen molar-refractivity contribution in [2.45, 2.75) is 27.7 Å². The van der Waals surface area contributed by atoms with Crippen LogP contribution in [0.5, 0.6) is 0 Å². The second-order valence-corrected chi connectivity index (χ2v) is 5.34. The molecule has 96 valence electrons. The third kappa shape index (κ3) is 4.13. The van der Waals surface area contributed by atoms with E-state index in [2.05, 4.69) is 32.7 Å². The lowest BCUT2D eigenvalue weighted by Gasteiger charge is -2.25. The molecule has 0 aromatic carbocycles. The fourth-order valence-electron chi connectivity index (χ4n) is 1.83. The van der Waals surface area contributed by atoms with E-state index in [4.69, 9.17) is 5.73 Å². The third-order valence-electron chi connectivity index (χ3n) is 2.39. The van der Waals surface area contributed by atoms with Gasteiger partial charge in [-0.3, -0.25) is 4.79 Å². The number of carbonyl (C=O) groups is 1. The molecular weight excluding hydrogens is 214 g/mol. The van der Waals surface area contributed by atoms with Crippen molar-refractivity contribution in [2.24, 2.45) is 11.8 Å². The minimum atomic E-state index is 0.0316. The molecule has 0 unspecified atom stereocenters. The highest BCUT2D eigenvalue weighted by atomic mass is 16.2. The Morgan fingerprint density at radius 3 is 2.18 bits per heavy atom. The predicted octanol–water partition coefficient (Wildman–Crippen LogP) is 2.35. The van der Waals surface area contributed by atoms with Crippen molar-refractivity contribution in [1.82, 2.24) is 9.88 Å². The summed E-state index contributed by atoms with van der Waals surface area (Å²) in [5, 5.41) is 0. The van der Waals surface area contributed by atoms with Crippen LogP contribution in [0, 0.1) is 11.8 Å². The molecule has 0 fully saturated rings. The van der Waals surface area contributed by atoms with Crippen LogP contribution >= 0.6 is 0 Å². The number of nitrogens with one attached hydrogen (secondary N) is 1. The molecule has 0 saturated carbocycles. The van der Waals surface area contributed by atoms with E-state index in [-0.39, 0.29) is 5.91 Å². The number of hydrogen-bond donors (Lipinski definition) is 2. The lowest BCUT2D eigenvalue weighted by Crippen LogP contribution is -2.37. The zero-order chi connectivity index (χ0) is 13.0. The van der Waals surface area contributed by atoms with Crippen LogP contribution in [0.2, 0.25) is 0 Å². The Kier molecular flexibility index (Phi) is 4.61. The summed E-state index contributed by atoms with van der Waals surface area (Å²) in [4.78, 5) is 17.1. The number of amides is 1. The van der Waals surface area contributed by atoms with Crippen LogP contribution in [0.3, 0.4) is 0 Å². The summed E-state index contributed by atoms with van der Waals surface area (Å²) in [6.45, 7) is 10.0. The molecule has 0 radical (unpaired) electrons. The zero-order valence-electron chi connectivity index (χ0n) is 11.2. The van der Waals surface area contributed by atoms with Gasteiger partial charge in [0.15, 0.2) is 0 Å². The number of nitrogen functional groups attached to an aromatic ring is 1. The van der Waals surface area contributed by atoms with Crippen LogP contribution in [-0.2, 0) is 0 Å². The van der Waals surface area contributed by atoms with Gasteiger partial charge in [-0.1, -0.05) is 27.7 Å². The Bertz CT molecular complexity index is 358. The van der Waals surface area contributed by atoms with E-state index in [1.807, 2.05) is 4.90 Å². The maximum Gasteiger partial charge on any atom is 0.270 e. The molecule has 1 aromatic rings. The van der Waals surface area contributed by atoms with Gasteiger partial charge < -0.3 is 15.6 Å². The number of anilines is 1. The van der Waals surface area contributed by atoms with Crippen LogP contribution in [0.25, 0.3) is 0 Å². The van der Waals surface area contributed by atoms with Crippen molar-refractivity contribution < 1.29 is 4.79 Å². The van der Waals surface area contributed by atoms with Gasteiger partial charge in [0.2, 0.25) is 0 Å². The van der Waals surface area contributed by atoms with Gasteiger partial charge in [0.05, 0.1) is 0 Å². The monoisotopic (exact) mass is 237 g/mol. The molecule has 0 spiro atoms. The minimum absolute atomic E-state index is 0.0316. The highest BCUT2D eigenvalue weighted by molar-refractivity contribution is 5.93. The highest BCUT2D eigenvalue weighted by Gasteiger charge is 2.18. The predicted molar refractivity (Wildman–Crippen MR) is 70.8 cm³/mol. The molecule has 3 N–H and O–H groups in total. The average Bonchev–Trinajstić information content (AvgIpc) is 2.61. The number of rotatable bonds is 5. The number of aromatic amines is 1. The summed E-state index contributed by atoms with van der Waals surface area (Å²) in [7, 11) is 0. The minimum Gasteiger partial charge on any atom is -0.397 e. The van der Waals surface area contributed by atoms with Gasteiger partial charge in [0.1, 0.15) is 5.69 Å². The molecular formula is C13H23N3O. The van der Waals surface area contributed by atoms with Crippen LogP contribution < -0.4 is 5.73 Å². The molecule has 1 rings (SSSR count). The van der Waals surface area contributed by atoms with Crippen LogP contribution in [0.4, 0.5) is 5.69 Å². The van der Waals surface area contributed by atoms with Crippen LogP contribution in [0.15, 0.2) is 12.3 Å². The normalized spacial score (nSPS) is 11.2. The van der Waals surface area contributed by atoms with Gasteiger partial charge in [-0.2, -0.15) is 0 Å². The molecule has 1 aromatic heterocycles. The molecule has 4 nitrogen and oxygen atoms in total. The summed E-state index contributed by atoms with van der Waals surface area (Å²) in [6, 6.07) is 1.69. The molecule has 0 aliphatic carbocycles. The standard InChI is InChI=1S/C13H23N3O/c1-9(2)7-16(8-10(3)4)13(17)12-5-11(14)6-15-12/h5-6,9-10,15H,7-8,14H2,1-4H3. The molecule has 17 heavy (non-hydrogen) atoms. The maximum absolute atomic E-state index is 12.3. The number of hydrogen-bond acceptors (Lipinski definition) is 2. The largest absolute Gasteiger partial charge is 0.397 e. The second-order valence-electron chi connectivity index (χ2n) is 5.34. The van der Waals surface area contributed by atoms with Crippen LogP contribution in [-0.4, -0.2) is 28.9 Å². The van der Waals surface area contributed by atoms with E-state index in [9.17, 15) is 4.79 Å². The quantitative estimate of drug-likeness (QED) is 0.825. The number of nitrogens with zero attached hydrogens (tertiary/aromatic N) is 1.